The predicted molar refractivity (Wildman–Crippen MR) is 73.7 cm³/mol. The average molecular weight is 305 g/mol. The third kappa shape index (κ3) is 3.68. The molecule has 0 amide bonds. The van der Waals surface area contributed by atoms with Crippen LogP contribution in [0.15, 0.2) is 23.1 Å². The molecule has 0 unspecified atom stereocenters. The van der Waals surface area contributed by atoms with Crippen LogP contribution >= 0.6 is 0 Å². The van der Waals surface area contributed by atoms with Gasteiger partial charge in [0, 0.05) is 19.2 Å². The highest BCUT2D eigenvalue weighted by atomic mass is 32.2. The summed E-state index contributed by atoms with van der Waals surface area (Å²) in [6, 6.07) is 3.26. The lowest BCUT2D eigenvalue weighted by Crippen LogP contribution is -2.38. The Morgan fingerprint density at radius 1 is 1.40 bits per heavy atom. The third-order valence-electron chi connectivity index (χ3n) is 2.84. The van der Waals surface area contributed by atoms with Gasteiger partial charge >= 0.3 is 0 Å². The highest BCUT2D eigenvalue weighted by molar-refractivity contribution is 7.89. The molecule has 0 aliphatic rings. The molecule has 7 heteroatoms. The minimum atomic E-state index is -3.79. The maximum absolute atomic E-state index is 13.6. The number of methoxy groups -OCH3 is 1. The van der Waals surface area contributed by atoms with E-state index in [9.17, 15) is 12.8 Å². The highest BCUT2D eigenvalue weighted by Crippen LogP contribution is 2.24. The van der Waals surface area contributed by atoms with Crippen molar-refractivity contribution in [3.8, 4) is 5.75 Å². The summed E-state index contributed by atoms with van der Waals surface area (Å²) in [4.78, 5) is -0.123. The summed E-state index contributed by atoms with van der Waals surface area (Å²) >= 11 is 0. The summed E-state index contributed by atoms with van der Waals surface area (Å²) in [5, 5.41) is 8.85. The summed E-state index contributed by atoms with van der Waals surface area (Å²) in [5.41, 5.74) is 0. The van der Waals surface area contributed by atoms with E-state index in [2.05, 4.69) is 0 Å². The van der Waals surface area contributed by atoms with E-state index in [0.717, 1.165) is 6.07 Å². The Kier molecular flexibility index (Phi) is 5.91. The van der Waals surface area contributed by atoms with Gasteiger partial charge in [-0.25, -0.2) is 12.8 Å². The fourth-order valence-corrected chi connectivity index (χ4v) is 3.51. The molecule has 0 spiro atoms. The van der Waals surface area contributed by atoms with E-state index in [-0.39, 0.29) is 29.8 Å². The molecule has 114 valence electrons. The first-order chi connectivity index (χ1) is 9.34. The van der Waals surface area contributed by atoms with Crippen LogP contribution in [0.5, 0.6) is 5.75 Å². The Balaban J connectivity index is 3.16. The van der Waals surface area contributed by atoms with Gasteiger partial charge in [0.1, 0.15) is 0 Å². The zero-order chi connectivity index (χ0) is 15.3. The van der Waals surface area contributed by atoms with Crippen molar-refractivity contribution in [3.63, 3.8) is 0 Å². The molecule has 0 bridgehead atoms. The second-order valence-electron chi connectivity index (χ2n) is 4.58. The minimum absolute atomic E-state index is 0.00425. The number of hydrogen-bond acceptors (Lipinski definition) is 4. The maximum atomic E-state index is 13.6. The number of halogens is 1. The van der Waals surface area contributed by atoms with E-state index in [1.165, 1.54) is 23.5 Å². The Bertz CT molecular complexity index is 545. The molecule has 0 radical (unpaired) electrons. The van der Waals surface area contributed by atoms with Gasteiger partial charge in [-0.1, -0.05) is 0 Å². The van der Waals surface area contributed by atoms with Crippen molar-refractivity contribution in [2.24, 2.45) is 0 Å². The molecule has 0 saturated heterocycles. The molecule has 0 heterocycles. The van der Waals surface area contributed by atoms with E-state index in [0.29, 0.717) is 6.42 Å². The summed E-state index contributed by atoms with van der Waals surface area (Å²) in [6.45, 7) is 3.55. The normalized spacial score (nSPS) is 12.2. The van der Waals surface area contributed by atoms with Gasteiger partial charge in [-0.3, -0.25) is 0 Å². The molecule has 1 N–H and O–H groups in total. The van der Waals surface area contributed by atoms with Gasteiger partial charge in [0.25, 0.3) is 0 Å². The number of aliphatic hydroxyl groups excluding tert-OH is 1. The first kappa shape index (κ1) is 16.9. The van der Waals surface area contributed by atoms with Gasteiger partial charge in [0.2, 0.25) is 10.0 Å². The molecule has 20 heavy (non-hydrogen) atoms. The van der Waals surface area contributed by atoms with Crippen molar-refractivity contribution in [1.82, 2.24) is 4.31 Å². The van der Waals surface area contributed by atoms with Crippen LogP contribution in [-0.2, 0) is 10.0 Å². The molecule has 1 rings (SSSR count). The second-order valence-corrected chi connectivity index (χ2v) is 6.47. The molecule has 5 nitrogen and oxygen atoms in total. The Morgan fingerprint density at radius 2 is 2.05 bits per heavy atom. The van der Waals surface area contributed by atoms with Crippen molar-refractivity contribution in [2.45, 2.75) is 31.2 Å². The SMILES string of the molecule is COc1ccc(S(=O)(=O)N(CCCO)C(C)C)cc1F. The smallest absolute Gasteiger partial charge is 0.243 e. The predicted octanol–water partition coefficient (Wildman–Crippen LogP) is 1.62. The fourth-order valence-electron chi connectivity index (χ4n) is 1.83. The average Bonchev–Trinajstić information content (AvgIpc) is 2.38. The van der Waals surface area contributed by atoms with Crippen molar-refractivity contribution in [1.29, 1.82) is 0 Å². The number of rotatable bonds is 7. The van der Waals surface area contributed by atoms with Crippen LogP contribution in [-0.4, -0.2) is 44.1 Å². The quantitative estimate of drug-likeness (QED) is 0.831. The zero-order valence-electron chi connectivity index (χ0n) is 11.8. The Hall–Kier alpha value is -1.18. The first-order valence-corrected chi connectivity index (χ1v) is 7.74. The lowest BCUT2D eigenvalue weighted by molar-refractivity contribution is 0.258. The van der Waals surface area contributed by atoms with Crippen molar-refractivity contribution in [3.05, 3.63) is 24.0 Å². The number of ether oxygens (including phenoxy) is 1. The Morgan fingerprint density at radius 3 is 2.50 bits per heavy atom. The molecule has 0 atom stereocenters. The monoisotopic (exact) mass is 305 g/mol. The molecular weight excluding hydrogens is 285 g/mol. The van der Waals surface area contributed by atoms with E-state index in [1.807, 2.05) is 0 Å². The van der Waals surface area contributed by atoms with Crippen molar-refractivity contribution >= 4 is 10.0 Å². The molecule has 1 aromatic carbocycles. The second kappa shape index (κ2) is 7.01. The highest BCUT2D eigenvalue weighted by Gasteiger charge is 2.27. The largest absolute Gasteiger partial charge is 0.494 e. The molecule has 0 fully saturated rings. The summed E-state index contributed by atoms with van der Waals surface area (Å²) in [6.07, 6.45) is 0.329. The molecule has 0 aliphatic heterocycles. The van der Waals surface area contributed by atoms with Gasteiger partial charge < -0.3 is 9.84 Å². The zero-order valence-corrected chi connectivity index (χ0v) is 12.7. The van der Waals surface area contributed by atoms with Gasteiger partial charge in [0.15, 0.2) is 11.6 Å². The van der Waals surface area contributed by atoms with Crippen molar-refractivity contribution < 1.29 is 22.7 Å². The van der Waals surface area contributed by atoms with Crippen LogP contribution < -0.4 is 4.74 Å². The van der Waals surface area contributed by atoms with Gasteiger partial charge in [-0.15, -0.1) is 0 Å². The maximum Gasteiger partial charge on any atom is 0.243 e. The van der Waals surface area contributed by atoms with Crippen LogP contribution in [0.25, 0.3) is 0 Å². The van der Waals surface area contributed by atoms with Crippen LogP contribution in [0.2, 0.25) is 0 Å². The van der Waals surface area contributed by atoms with Crippen LogP contribution in [0.1, 0.15) is 20.3 Å². The standard InChI is InChI=1S/C13H20FNO4S/c1-10(2)15(7-4-8-16)20(17,18)11-5-6-13(19-3)12(14)9-11/h5-6,9-10,16H,4,7-8H2,1-3H3. The summed E-state index contributed by atoms with van der Waals surface area (Å²) in [5.74, 6) is -0.727. The summed E-state index contributed by atoms with van der Waals surface area (Å²) < 4.78 is 44.6. The lowest BCUT2D eigenvalue weighted by Gasteiger charge is -2.25. The molecule has 0 aromatic heterocycles. The van der Waals surface area contributed by atoms with Crippen molar-refractivity contribution in [2.75, 3.05) is 20.3 Å². The first-order valence-electron chi connectivity index (χ1n) is 6.30. The van der Waals surface area contributed by atoms with Gasteiger partial charge in [-0.2, -0.15) is 4.31 Å². The molecule has 0 saturated carbocycles. The summed E-state index contributed by atoms with van der Waals surface area (Å²) in [7, 11) is -2.48. The molecule has 0 aliphatic carbocycles. The number of aliphatic hydroxyl groups is 1. The van der Waals surface area contributed by atoms with Crippen LogP contribution in [0, 0.1) is 5.82 Å². The van der Waals surface area contributed by atoms with E-state index in [1.54, 1.807) is 13.8 Å². The van der Waals surface area contributed by atoms with E-state index >= 15 is 0 Å². The lowest BCUT2D eigenvalue weighted by atomic mass is 10.3. The minimum Gasteiger partial charge on any atom is -0.494 e. The molecular formula is C13H20FNO4S. The topological polar surface area (TPSA) is 66.8 Å². The van der Waals surface area contributed by atoms with Gasteiger partial charge in [-0.05, 0) is 38.5 Å². The number of benzene rings is 1. The number of hydrogen-bond donors (Lipinski definition) is 1. The van der Waals surface area contributed by atoms with Gasteiger partial charge in [0.05, 0.1) is 12.0 Å². The third-order valence-corrected chi connectivity index (χ3v) is 4.91. The van der Waals surface area contributed by atoms with Crippen LogP contribution in [0.3, 0.4) is 0 Å². The Labute approximate surface area is 119 Å². The number of nitrogens with zero attached hydrogens (tertiary/aromatic N) is 1. The van der Waals surface area contributed by atoms with E-state index < -0.39 is 15.8 Å². The number of sulfonamides is 1. The van der Waals surface area contributed by atoms with Crippen LogP contribution in [0.4, 0.5) is 4.39 Å². The van der Waals surface area contributed by atoms with E-state index in [4.69, 9.17) is 9.84 Å². The fraction of sp³-hybridized carbons (Fsp3) is 0.538. The molecule has 1 aromatic rings.